The molecule has 0 radical (unpaired) electrons. The van der Waals surface area contributed by atoms with Crippen LogP contribution in [0.5, 0.6) is 17.2 Å². The number of nitrogen functional groups attached to an aromatic ring is 1. The summed E-state index contributed by atoms with van der Waals surface area (Å²) in [4.78, 5) is 2.52. The summed E-state index contributed by atoms with van der Waals surface area (Å²) in [7, 11) is 3.42. The van der Waals surface area contributed by atoms with Gasteiger partial charge in [-0.25, -0.2) is 0 Å². The van der Waals surface area contributed by atoms with Crippen molar-refractivity contribution in [2.45, 2.75) is 65.0 Å². The average molecular weight is 425 g/mol. The highest BCUT2D eigenvalue weighted by atomic mass is 16.5. The maximum atomic E-state index is 6.74. The van der Waals surface area contributed by atoms with Gasteiger partial charge in [-0.1, -0.05) is 13.0 Å². The molecule has 31 heavy (non-hydrogen) atoms. The zero-order chi connectivity index (χ0) is 22.5. The molecule has 2 N–H and O–H groups in total. The largest absolute Gasteiger partial charge is 0.497 e. The molecule has 2 atom stereocenters. The summed E-state index contributed by atoms with van der Waals surface area (Å²) >= 11 is 0. The van der Waals surface area contributed by atoms with Crippen LogP contribution in [0.1, 0.15) is 66.3 Å². The topological polar surface area (TPSA) is 57.0 Å². The molecule has 1 fully saturated rings. The molecule has 2 aliphatic rings. The van der Waals surface area contributed by atoms with Crippen molar-refractivity contribution in [3.8, 4) is 17.2 Å². The van der Waals surface area contributed by atoms with Crippen molar-refractivity contribution in [1.82, 2.24) is 4.90 Å². The number of anilines is 1. The summed E-state index contributed by atoms with van der Waals surface area (Å²) in [5.41, 5.74) is 13.0. The predicted octanol–water partition coefficient (Wildman–Crippen LogP) is 5.30. The van der Waals surface area contributed by atoms with Gasteiger partial charge in [0.1, 0.15) is 17.2 Å². The van der Waals surface area contributed by atoms with E-state index in [1.807, 2.05) is 12.1 Å². The molecule has 2 aromatic carbocycles. The summed E-state index contributed by atoms with van der Waals surface area (Å²) in [6, 6.07) is 6.17. The molecule has 0 aromatic heterocycles. The van der Waals surface area contributed by atoms with Crippen molar-refractivity contribution in [1.29, 1.82) is 0 Å². The molecule has 2 heterocycles. The van der Waals surface area contributed by atoms with Crippen LogP contribution >= 0.6 is 0 Å². The molecule has 5 heteroatoms. The van der Waals surface area contributed by atoms with Gasteiger partial charge in [0.05, 0.1) is 14.2 Å². The van der Waals surface area contributed by atoms with E-state index in [9.17, 15) is 0 Å². The lowest BCUT2D eigenvalue weighted by Gasteiger charge is -2.44. The molecule has 0 spiro atoms. The van der Waals surface area contributed by atoms with Crippen LogP contribution in [0.15, 0.2) is 18.2 Å². The number of nitrogens with two attached hydrogens (primary N) is 1. The summed E-state index contributed by atoms with van der Waals surface area (Å²) in [5.74, 6) is 3.52. The van der Waals surface area contributed by atoms with Crippen LogP contribution in [-0.2, 0) is 0 Å². The fraction of sp³-hybridized carbons (Fsp3) is 0.538. The molecule has 1 saturated heterocycles. The number of nitrogens with zero attached hydrogens (tertiary/aromatic N) is 1. The first-order chi connectivity index (χ1) is 14.7. The Hall–Kier alpha value is -2.40. The highest BCUT2D eigenvalue weighted by molar-refractivity contribution is 5.67. The second kappa shape index (κ2) is 7.94. The standard InChI is InChI=1S/C26H36N2O3/c1-15-16(2)25-23(17(3)24(15)27)18(4)26(5,31-25)28-12-10-19(11-13-28)21-9-8-20(29-6)14-22(21)30-7/h8-9,14,18-19H,10-13,27H2,1-7H3. The SMILES string of the molecule is COc1ccc(C2CCN(C3(C)Oc4c(C)c(C)c(N)c(C)c4C3C)CC2)c(OC)c1. The van der Waals surface area contributed by atoms with Gasteiger partial charge in [-0.05, 0) is 74.8 Å². The van der Waals surface area contributed by atoms with Crippen LogP contribution in [0.4, 0.5) is 5.69 Å². The Bertz CT molecular complexity index is 995. The molecule has 0 amide bonds. The predicted molar refractivity (Wildman–Crippen MR) is 126 cm³/mol. The molecule has 2 aliphatic heterocycles. The highest BCUT2D eigenvalue weighted by Gasteiger charge is 2.49. The van der Waals surface area contributed by atoms with Crippen LogP contribution in [0.25, 0.3) is 0 Å². The molecule has 5 nitrogen and oxygen atoms in total. The van der Waals surface area contributed by atoms with Crippen molar-refractivity contribution in [3.05, 3.63) is 46.0 Å². The van der Waals surface area contributed by atoms with E-state index in [1.54, 1.807) is 14.2 Å². The Morgan fingerprint density at radius 3 is 2.32 bits per heavy atom. The lowest BCUT2D eigenvalue weighted by Crippen LogP contribution is -2.54. The third kappa shape index (κ3) is 3.34. The van der Waals surface area contributed by atoms with E-state index < -0.39 is 0 Å². The first-order valence-corrected chi connectivity index (χ1v) is 11.3. The normalized spacial score (nSPS) is 24.0. The number of ether oxygens (including phenoxy) is 3. The smallest absolute Gasteiger partial charge is 0.167 e. The number of fused-ring (bicyclic) bond motifs is 1. The van der Waals surface area contributed by atoms with E-state index in [4.69, 9.17) is 19.9 Å². The Kier molecular flexibility index (Phi) is 5.59. The Morgan fingerprint density at radius 2 is 1.71 bits per heavy atom. The first-order valence-electron chi connectivity index (χ1n) is 11.3. The molecular formula is C26H36N2O3. The van der Waals surface area contributed by atoms with Crippen molar-refractivity contribution < 1.29 is 14.2 Å². The Morgan fingerprint density at radius 1 is 1.03 bits per heavy atom. The van der Waals surface area contributed by atoms with Gasteiger partial charge in [-0.15, -0.1) is 0 Å². The lowest BCUT2D eigenvalue weighted by molar-refractivity contribution is -0.0811. The number of methoxy groups -OCH3 is 2. The molecule has 0 aliphatic carbocycles. The summed E-state index contributed by atoms with van der Waals surface area (Å²) < 4.78 is 17.8. The van der Waals surface area contributed by atoms with E-state index in [0.29, 0.717) is 5.92 Å². The first kappa shape index (κ1) is 21.8. The summed E-state index contributed by atoms with van der Waals surface area (Å²) in [5, 5.41) is 0. The molecule has 0 saturated carbocycles. The zero-order valence-electron chi connectivity index (χ0n) is 20.0. The quantitative estimate of drug-likeness (QED) is 0.675. The Balaban J connectivity index is 1.56. The molecular weight excluding hydrogens is 388 g/mol. The molecule has 2 unspecified atom stereocenters. The second-order valence-electron chi connectivity index (χ2n) is 9.28. The number of hydrogen-bond acceptors (Lipinski definition) is 5. The number of rotatable bonds is 4. The van der Waals surface area contributed by atoms with Gasteiger partial charge in [0, 0.05) is 36.3 Å². The van der Waals surface area contributed by atoms with Crippen molar-refractivity contribution in [2.75, 3.05) is 33.0 Å². The van der Waals surface area contributed by atoms with Crippen molar-refractivity contribution >= 4 is 5.69 Å². The molecule has 4 rings (SSSR count). The van der Waals surface area contributed by atoms with Gasteiger partial charge in [-0.3, -0.25) is 4.90 Å². The highest BCUT2D eigenvalue weighted by Crippen LogP contribution is 2.52. The monoisotopic (exact) mass is 424 g/mol. The van der Waals surface area contributed by atoms with Crippen LogP contribution in [0, 0.1) is 20.8 Å². The Labute approximate surface area is 186 Å². The number of piperidine rings is 1. The van der Waals surface area contributed by atoms with Gasteiger partial charge in [-0.2, -0.15) is 0 Å². The maximum Gasteiger partial charge on any atom is 0.167 e. The molecule has 2 aromatic rings. The van der Waals surface area contributed by atoms with E-state index >= 15 is 0 Å². The van der Waals surface area contributed by atoms with Crippen molar-refractivity contribution in [2.24, 2.45) is 0 Å². The fourth-order valence-electron chi connectivity index (χ4n) is 5.52. The van der Waals surface area contributed by atoms with Gasteiger partial charge in [0.25, 0.3) is 0 Å². The third-order valence-corrected chi connectivity index (χ3v) is 7.91. The number of benzene rings is 2. The van der Waals surface area contributed by atoms with Crippen LogP contribution in [-0.4, -0.2) is 37.9 Å². The van der Waals surface area contributed by atoms with Gasteiger partial charge in [0.2, 0.25) is 0 Å². The fourth-order valence-corrected chi connectivity index (χ4v) is 5.52. The minimum absolute atomic E-state index is 0.260. The third-order valence-electron chi connectivity index (χ3n) is 7.91. The summed E-state index contributed by atoms with van der Waals surface area (Å²) in [6.07, 6.45) is 2.15. The van der Waals surface area contributed by atoms with E-state index in [2.05, 4.69) is 45.6 Å². The lowest BCUT2D eigenvalue weighted by atomic mass is 9.83. The number of hydrogen-bond donors (Lipinski definition) is 1. The van der Waals surface area contributed by atoms with Crippen LogP contribution in [0.2, 0.25) is 0 Å². The number of likely N-dealkylation sites (tertiary alicyclic amines) is 1. The van der Waals surface area contributed by atoms with Crippen molar-refractivity contribution in [3.63, 3.8) is 0 Å². The minimum Gasteiger partial charge on any atom is -0.497 e. The van der Waals surface area contributed by atoms with E-state index in [1.165, 1.54) is 22.3 Å². The van der Waals surface area contributed by atoms with Gasteiger partial charge < -0.3 is 19.9 Å². The van der Waals surface area contributed by atoms with Gasteiger partial charge >= 0.3 is 0 Å². The maximum absolute atomic E-state index is 6.74. The van der Waals surface area contributed by atoms with Crippen LogP contribution < -0.4 is 19.9 Å². The summed E-state index contributed by atoms with van der Waals surface area (Å²) in [6.45, 7) is 12.9. The minimum atomic E-state index is -0.354. The van der Waals surface area contributed by atoms with E-state index in [-0.39, 0.29) is 11.6 Å². The molecule has 0 bridgehead atoms. The van der Waals surface area contributed by atoms with Crippen LogP contribution in [0.3, 0.4) is 0 Å². The van der Waals surface area contributed by atoms with E-state index in [0.717, 1.165) is 54.4 Å². The van der Waals surface area contributed by atoms with Gasteiger partial charge in [0.15, 0.2) is 5.72 Å². The second-order valence-corrected chi connectivity index (χ2v) is 9.28. The molecule has 168 valence electrons. The zero-order valence-corrected chi connectivity index (χ0v) is 20.0. The average Bonchev–Trinajstić information content (AvgIpc) is 3.07.